The quantitative estimate of drug-likeness (QED) is 0.709. The van der Waals surface area contributed by atoms with Crippen molar-refractivity contribution in [1.29, 1.82) is 0 Å². The number of allylic oxidation sites excluding steroid dienone is 2. The number of aryl methyl sites for hydroxylation is 1. The fourth-order valence-electron chi connectivity index (χ4n) is 3.47. The third kappa shape index (κ3) is 3.52. The van der Waals surface area contributed by atoms with Crippen molar-refractivity contribution in [2.75, 3.05) is 6.54 Å². The molecule has 0 saturated carbocycles. The van der Waals surface area contributed by atoms with Gasteiger partial charge in [0, 0.05) is 36.9 Å². The number of rotatable bonds is 3. The van der Waals surface area contributed by atoms with E-state index < -0.39 is 23.0 Å². The van der Waals surface area contributed by atoms with Crippen molar-refractivity contribution >= 4 is 22.4 Å². The van der Waals surface area contributed by atoms with Gasteiger partial charge in [-0.2, -0.15) is 0 Å². The van der Waals surface area contributed by atoms with Gasteiger partial charge in [-0.25, -0.2) is 13.2 Å². The van der Waals surface area contributed by atoms with E-state index >= 15 is 0 Å². The lowest BCUT2D eigenvalue weighted by Crippen LogP contribution is -2.31. The molecule has 1 aliphatic rings. The molecular weight excluding hydrogens is 395 g/mol. The summed E-state index contributed by atoms with van der Waals surface area (Å²) >= 11 is 0. The minimum Gasteiger partial charge on any atom is -0.322 e. The van der Waals surface area contributed by atoms with Gasteiger partial charge in [-0.3, -0.25) is 14.6 Å². The van der Waals surface area contributed by atoms with E-state index in [2.05, 4.69) is 9.97 Å². The monoisotopic (exact) mass is 413 g/mol. The number of carbonyl (C=O) groups excluding carboxylic acids is 1. The van der Waals surface area contributed by atoms with E-state index in [-0.39, 0.29) is 42.3 Å². The van der Waals surface area contributed by atoms with E-state index in [0.29, 0.717) is 11.1 Å². The zero-order valence-electron chi connectivity index (χ0n) is 15.9. The maximum absolute atomic E-state index is 14.3. The smallest absolute Gasteiger partial charge is 0.252 e. The van der Waals surface area contributed by atoms with Crippen molar-refractivity contribution in [2.45, 2.75) is 13.3 Å². The van der Waals surface area contributed by atoms with Crippen molar-refractivity contribution in [3.63, 3.8) is 0 Å². The highest BCUT2D eigenvalue weighted by molar-refractivity contribution is 5.87. The second-order valence-electron chi connectivity index (χ2n) is 6.93. The molecule has 0 fully saturated rings. The van der Waals surface area contributed by atoms with Crippen LogP contribution in [-0.4, -0.2) is 27.3 Å². The summed E-state index contributed by atoms with van der Waals surface area (Å²) in [5.41, 5.74) is 1.24. The Morgan fingerprint density at radius 2 is 2.07 bits per heavy atom. The Morgan fingerprint density at radius 1 is 1.27 bits per heavy atom. The van der Waals surface area contributed by atoms with Gasteiger partial charge in [0.1, 0.15) is 5.82 Å². The average molecular weight is 413 g/mol. The number of halogens is 3. The number of pyridine rings is 2. The van der Waals surface area contributed by atoms with Crippen LogP contribution in [0.1, 0.15) is 18.1 Å². The Labute approximate surface area is 170 Å². The predicted molar refractivity (Wildman–Crippen MR) is 108 cm³/mol. The molecule has 0 unspecified atom stereocenters. The molecule has 3 aromatic rings. The highest BCUT2D eigenvalue weighted by atomic mass is 19.2. The van der Waals surface area contributed by atoms with Gasteiger partial charge in [-0.15, -0.1) is 0 Å². The van der Waals surface area contributed by atoms with Crippen LogP contribution in [-0.2, 0) is 11.2 Å². The summed E-state index contributed by atoms with van der Waals surface area (Å²) in [5.74, 6) is -2.94. The van der Waals surface area contributed by atoms with Crippen LogP contribution in [0.5, 0.6) is 0 Å². The Kier molecular flexibility index (Phi) is 4.99. The molecule has 0 bridgehead atoms. The number of aromatic nitrogens is 2. The molecule has 0 aliphatic carbocycles. The molecule has 0 spiro atoms. The van der Waals surface area contributed by atoms with E-state index in [1.165, 1.54) is 36.4 Å². The molecule has 1 N–H and O–H groups in total. The molecule has 1 aromatic carbocycles. The van der Waals surface area contributed by atoms with Crippen molar-refractivity contribution in [3.05, 3.63) is 93.4 Å². The summed E-state index contributed by atoms with van der Waals surface area (Å²) in [4.78, 5) is 32.8. The van der Waals surface area contributed by atoms with Crippen LogP contribution in [0.2, 0.25) is 0 Å². The van der Waals surface area contributed by atoms with Crippen molar-refractivity contribution in [3.8, 4) is 0 Å². The largest absolute Gasteiger partial charge is 0.322 e. The third-order valence-electron chi connectivity index (χ3n) is 5.07. The zero-order chi connectivity index (χ0) is 21.4. The zero-order valence-corrected chi connectivity index (χ0v) is 15.9. The van der Waals surface area contributed by atoms with Crippen LogP contribution in [0.3, 0.4) is 0 Å². The van der Waals surface area contributed by atoms with Gasteiger partial charge in [0.2, 0.25) is 5.91 Å². The lowest BCUT2D eigenvalue weighted by atomic mass is 10.0. The van der Waals surface area contributed by atoms with Crippen molar-refractivity contribution < 1.29 is 19.4 Å². The highest BCUT2D eigenvalue weighted by Gasteiger charge is 2.20. The molecule has 8 heteroatoms. The van der Waals surface area contributed by atoms with E-state index in [4.69, 9.17) is 0 Å². The van der Waals surface area contributed by atoms with Crippen LogP contribution >= 0.6 is 0 Å². The Hall–Kier alpha value is -3.68. The Balaban J connectivity index is 0.00000272. The SMILES string of the molecule is Cc1c(CC(=O)N2C=CC(c3cncc(F)c3)=CC2)c(=O)[nH]c2ccc(F)c(F)c12.[HH]. The predicted octanol–water partition coefficient (Wildman–Crippen LogP) is 3.88. The van der Waals surface area contributed by atoms with Gasteiger partial charge < -0.3 is 9.88 Å². The van der Waals surface area contributed by atoms with Crippen LogP contribution in [0.25, 0.3) is 16.5 Å². The molecule has 0 atom stereocenters. The van der Waals surface area contributed by atoms with Gasteiger partial charge in [-0.05, 0) is 42.3 Å². The number of fused-ring (bicyclic) bond motifs is 1. The number of nitrogens with one attached hydrogen (secondary N) is 1. The number of benzene rings is 1. The van der Waals surface area contributed by atoms with Gasteiger partial charge in [0.15, 0.2) is 11.6 Å². The van der Waals surface area contributed by atoms with Gasteiger partial charge in [0.25, 0.3) is 5.56 Å². The summed E-state index contributed by atoms with van der Waals surface area (Å²) in [5, 5.41) is -0.0487. The summed E-state index contributed by atoms with van der Waals surface area (Å²) in [6.45, 7) is 1.71. The van der Waals surface area contributed by atoms with Gasteiger partial charge in [0.05, 0.1) is 18.1 Å². The molecular formula is C22H18F3N3O2. The number of H-pyrrole nitrogens is 1. The summed E-state index contributed by atoms with van der Waals surface area (Å²) in [6.07, 6.45) is 7.26. The molecule has 0 radical (unpaired) electrons. The van der Waals surface area contributed by atoms with Crippen LogP contribution in [0, 0.1) is 24.4 Å². The standard InChI is InChI=1S/C22H16F3N3O2.H2/c1-12-16(22(30)27-18-3-2-17(24)21(25)20(12)18)9-19(29)28-6-4-13(5-7-28)14-8-15(23)11-26-10-14;/h2-6,8,10-11H,7,9H2,1H3,(H,27,30);1H. The summed E-state index contributed by atoms with van der Waals surface area (Å²) in [7, 11) is 0. The fourth-order valence-corrected chi connectivity index (χ4v) is 3.47. The molecule has 154 valence electrons. The molecule has 1 aliphatic heterocycles. The second kappa shape index (κ2) is 7.62. The first-order valence-electron chi connectivity index (χ1n) is 9.13. The van der Waals surface area contributed by atoms with E-state index in [0.717, 1.165) is 12.3 Å². The average Bonchev–Trinajstić information content (AvgIpc) is 2.73. The fraction of sp³-hybridized carbons (Fsp3) is 0.136. The molecule has 4 rings (SSSR count). The topological polar surface area (TPSA) is 66.1 Å². The number of aromatic amines is 1. The Morgan fingerprint density at radius 3 is 2.77 bits per heavy atom. The molecule has 3 heterocycles. The normalized spacial score (nSPS) is 13.6. The van der Waals surface area contributed by atoms with Crippen molar-refractivity contribution in [1.82, 2.24) is 14.9 Å². The number of hydrogen-bond acceptors (Lipinski definition) is 3. The number of nitrogens with zero attached hydrogens (tertiary/aromatic N) is 2. The third-order valence-corrected chi connectivity index (χ3v) is 5.07. The second-order valence-corrected chi connectivity index (χ2v) is 6.93. The molecule has 30 heavy (non-hydrogen) atoms. The lowest BCUT2D eigenvalue weighted by Gasteiger charge is -2.21. The van der Waals surface area contributed by atoms with E-state index in [1.807, 2.05) is 0 Å². The van der Waals surface area contributed by atoms with E-state index in [9.17, 15) is 22.8 Å². The summed E-state index contributed by atoms with van der Waals surface area (Å²) < 4.78 is 41.2. The van der Waals surface area contributed by atoms with Crippen LogP contribution in [0.15, 0.2) is 53.7 Å². The molecule has 2 aromatic heterocycles. The first-order valence-corrected chi connectivity index (χ1v) is 9.13. The Bertz CT molecular complexity index is 1300. The highest BCUT2D eigenvalue weighted by Crippen LogP contribution is 2.24. The molecule has 1 amide bonds. The summed E-state index contributed by atoms with van der Waals surface area (Å²) in [6, 6.07) is 3.56. The minimum atomic E-state index is -1.07. The van der Waals surface area contributed by atoms with Crippen LogP contribution < -0.4 is 5.56 Å². The van der Waals surface area contributed by atoms with Gasteiger partial charge >= 0.3 is 0 Å². The van der Waals surface area contributed by atoms with Crippen molar-refractivity contribution in [2.24, 2.45) is 0 Å². The number of amides is 1. The maximum Gasteiger partial charge on any atom is 0.252 e. The van der Waals surface area contributed by atoms with E-state index in [1.54, 1.807) is 12.2 Å². The van der Waals surface area contributed by atoms with Gasteiger partial charge in [-0.1, -0.05) is 6.08 Å². The lowest BCUT2D eigenvalue weighted by molar-refractivity contribution is -0.127. The number of carbonyl (C=O) groups is 1. The molecule has 0 saturated heterocycles. The molecule has 5 nitrogen and oxygen atoms in total. The first kappa shape index (κ1) is 19.6. The maximum atomic E-state index is 14.3. The minimum absolute atomic E-state index is 0. The van der Waals surface area contributed by atoms with Crippen LogP contribution in [0.4, 0.5) is 13.2 Å². The first-order chi connectivity index (χ1) is 14.3. The number of hydrogen-bond donors (Lipinski definition) is 1.